The molecule has 152 valence electrons. The molecular formula is C20H22N4O2S3. The minimum absolute atomic E-state index is 0.147. The third-order valence-electron chi connectivity index (χ3n) is 4.27. The molecule has 1 saturated heterocycles. The summed E-state index contributed by atoms with van der Waals surface area (Å²) in [6.07, 6.45) is 4.98. The number of aryl methyl sites for hydroxylation is 2. The first-order chi connectivity index (χ1) is 14.0. The molecular weight excluding hydrogens is 424 g/mol. The van der Waals surface area contributed by atoms with Crippen LogP contribution in [-0.4, -0.2) is 37.8 Å². The first kappa shape index (κ1) is 21.6. The minimum Gasteiger partial charge on any atom is -0.300 e. The fraction of sp³-hybridized carbons (Fsp3) is 0.350. The van der Waals surface area contributed by atoms with Gasteiger partial charge in [0.1, 0.15) is 9.33 Å². The van der Waals surface area contributed by atoms with Crippen molar-refractivity contribution in [2.24, 2.45) is 0 Å². The van der Waals surface area contributed by atoms with Gasteiger partial charge in [0.25, 0.3) is 5.91 Å². The van der Waals surface area contributed by atoms with Gasteiger partial charge in [-0.25, -0.2) is 0 Å². The Morgan fingerprint density at radius 2 is 2.03 bits per heavy atom. The topological polar surface area (TPSA) is 75.2 Å². The van der Waals surface area contributed by atoms with Gasteiger partial charge in [-0.3, -0.25) is 14.5 Å². The van der Waals surface area contributed by atoms with Crippen LogP contribution >= 0.6 is 35.3 Å². The van der Waals surface area contributed by atoms with Crippen LogP contribution in [0.2, 0.25) is 0 Å². The minimum atomic E-state index is -0.209. The Labute approximate surface area is 183 Å². The van der Waals surface area contributed by atoms with Crippen molar-refractivity contribution in [3.8, 4) is 0 Å². The number of unbranched alkanes of at least 4 members (excludes halogenated alkanes) is 1. The van der Waals surface area contributed by atoms with E-state index in [9.17, 15) is 9.59 Å². The van der Waals surface area contributed by atoms with E-state index in [1.165, 1.54) is 28.0 Å². The summed E-state index contributed by atoms with van der Waals surface area (Å²) in [6.45, 7) is 4.37. The highest BCUT2D eigenvalue weighted by Gasteiger charge is 2.32. The van der Waals surface area contributed by atoms with Crippen LogP contribution in [0.15, 0.2) is 29.2 Å². The van der Waals surface area contributed by atoms with Gasteiger partial charge < -0.3 is 5.32 Å². The Morgan fingerprint density at radius 1 is 1.28 bits per heavy atom. The van der Waals surface area contributed by atoms with Crippen molar-refractivity contribution in [2.75, 3.05) is 11.9 Å². The van der Waals surface area contributed by atoms with E-state index < -0.39 is 0 Å². The summed E-state index contributed by atoms with van der Waals surface area (Å²) < 4.78 is 0.471. The van der Waals surface area contributed by atoms with Gasteiger partial charge in [0, 0.05) is 19.4 Å². The van der Waals surface area contributed by atoms with Gasteiger partial charge in [-0.2, -0.15) is 0 Å². The summed E-state index contributed by atoms with van der Waals surface area (Å²) in [6, 6.07) is 7.93. The van der Waals surface area contributed by atoms with Crippen LogP contribution in [0.3, 0.4) is 0 Å². The Bertz CT molecular complexity index is 937. The maximum Gasteiger partial charge on any atom is 0.266 e. The van der Waals surface area contributed by atoms with Crippen molar-refractivity contribution >= 4 is 62.7 Å². The number of hydrogen-bond donors (Lipinski definition) is 1. The predicted molar refractivity (Wildman–Crippen MR) is 123 cm³/mol. The van der Waals surface area contributed by atoms with Gasteiger partial charge in [-0.1, -0.05) is 78.5 Å². The molecule has 0 unspecified atom stereocenters. The number of carbonyl (C=O) groups excluding carboxylic acids is 2. The molecule has 0 atom stereocenters. The quantitative estimate of drug-likeness (QED) is 0.478. The van der Waals surface area contributed by atoms with Crippen molar-refractivity contribution in [1.29, 1.82) is 0 Å². The third kappa shape index (κ3) is 5.94. The summed E-state index contributed by atoms with van der Waals surface area (Å²) in [4.78, 5) is 26.9. The Balaban J connectivity index is 1.54. The van der Waals surface area contributed by atoms with Gasteiger partial charge in [0.2, 0.25) is 11.0 Å². The van der Waals surface area contributed by atoms with Gasteiger partial charge in [0.15, 0.2) is 0 Å². The maximum atomic E-state index is 12.7. The summed E-state index contributed by atoms with van der Waals surface area (Å²) in [5, 5.41) is 12.2. The zero-order valence-corrected chi connectivity index (χ0v) is 18.8. The molecule has 0 aliphatic carbocycles. The number of benzene rings is 1. The molecule has 2 heterocycles. The lowest BCUT2D eigenvalue weighted by atomic mass is 10.1. The van der Waals surface area contributed by atoms with E-state index >= 15 is 0 Å². The molecule has 1 aliphatic heterocycles. The Hall–Kier alpha value is -2.10. The van der Waals surface area contributed by atoms with Crippen molar-refractivity contribution in [3.05, 3.63) is 45.3 Å². The average molecular weight is 447 g/mol. The normalized spacial score (nSPS) is 15.4. The summed E-state index contributed by atoms with van der Waals surface area (Å²) in [5.41, 5.74) is 2.11. The standard InChI is InChI=1S/C20H22N4O2S3/c1-3-4-5-17-22-23-19(29-17)21-16(25)10-11-24-18(26)15(28-20(24)27)12-14-8-6-13(2)7-9-14/h6-9,12H,3-5,10-11H2,1-2H3,(H,21,23,25)/b15-12-. The summed E-state index contributed by atoms with van der Waals surface area (Å²) in [5.74, 6) is -0.370. The first-order valence-corrected chi connectivity index (χ1v) is 11.4. The second kappa shape index (κ2) is 10.1. The van der Waals surface area contributed by atoms with E-state index in [4.69, 9.17) is 12.2 Å². The highest BCUT2D eigenvalue weighted by atomic mass is 32.2. The number of thioether (sulfide) groups is 1. The lowest BCUT2D eigenvalue weighted by Gasteiger charge is -2.13. The number of hydrogen-bond acceptors (Lipinski definition) is 7. The molecule has 0 saturated carbocycles. The molecule has 0 spiro atoms. The summed E-state index contributed by atoms with van der Waals surface area (Å²) >= 11 is 7.99. The zero-order chi connectivity index (χ0) is 20.8. The van der Waals surface area contributed by atoms with E-state index in [2.05, 4.69) is 22.4 Å². The zero-order valence-electron chi connectivity index (χ0n) is 16.3. The molecule has 0 bridgehead atoms. The number of rotatable bonds is 8. The van der Waals surface area contributed by atoms with Crippen LogP contribution in [0.5, 0.6) is 0 Å². The van der Waals surface area contributed by atoms with Crippen molar-refractivity contribution < 1.29 is 9.59 Å². The SMILES string of the molecule is CCCCc1nnc(NC(=O)CCN2C(=O)/C(=C/c3ccc(C)cc3)SC2=S)s1. The average Bonchev–Trinajstić information content (AvgIpc) is 3.24. The maximum absolute atomic E-state index is 12.7. The van der Waals surface area contributed by atoms with Crippen LogP contribution in [0.1, 0.15) is 42.3 Å². The molecule has 1 N–H and O–H groups in total. The molecule has 1 fully saturated rings. The van der Waals surface area contributed by atoms with Crippen molar-refractivity contribution in [3.63, 3.8) is 0 Å². The second-order valence-corrected chi connectivity index (χ2v) is 9.38. The lowest BCUT2D eigenvalue weighted by Crippen LogP contribution is -2.31. The van der Waals surface area contributed by atoms with Crippen molar-refractivity contribution in [2.45, 2.75) is 39.5 Å². The number of aromatic nitrogens is 2. The van der Waals surface area contributed by atoms with Crippen molar-refractivity contribution in [1.82, 2.24) is 15.1 Å². The van der Waals surface area contributed by atoms with Gasteiger partial charge in [-0.15, -0.1) is 10.2 Å². The Kier molecular flexibility index (Phi) is 7.51. The molecule has 6 nitrogen and oxygen atoms in total. The smallest absolute Gasteiger partial charge is 0.266 e. The number of anilines is 1. The number of nitrogens with one attached hydrogen (secondary N) is 1. The molecule has 2 amide bonds. The van der Waals surface area contributed by atoms with E-state index in [1.807, 2.05) is 37.3 Å². The van der Waals surface area contributed by atoms with Gasteiger partial charge in [-0.05, 0) is 25.0 Å². The fourth-order valence-corrected chi connectivity index (χ4v) is 4.74. The van der Waals surface area contributed by atoms with Gasteiger partial charge >= 0.3 is 0 Å². The van der Waals surface area contributed by atoms with E-state index in [0.717, 1.165) is 35.4 Å². The van der Waals surface area contributed by atoms with Crippen LogP contribution in [0, 0.1) is 6.92 Å². The monoisotopic (exact) mass is 446 g/mol. The molecule has 1 aromatic heterocycles. The third-order valence-corrected chi connectivity index (χ3v) is 6.54. The van der Waals surface area contributed by atoms with Crippen LogP contribution in [0.4, 0.5) is 5.13 Å². The van der Waals surface area contributed by atoms with Crippen LogP contribution < -0.4 is 5.32 Å². The van der Waals surface area contributed by atoms with Gasteiger partial charge in [0.05, 0.1) is 4.91 Å². The molecule has 9 heteroatoms. The van der Waals surface area contributed by atoms with E-state index in [0.29, 0.717) is 14.4 Å². The summed E-state index contributed by atoms with van der Waals surface area (Å²) in [7, 11) is 0. The number of nitrogens with zero attached hydrogens (tertiary/aromatic N) is 3. The number of amides is 2. The molecule has 29 heavy (non-hydrogen) atoms. The van der Waals surface area contributed by atoms with Crippen LogP contribution in [-0.2, 0) is 16.0 Å². The highest BCUT2D eigenvalue weighted by molar-refractivity contribution is 8.26. The molecule has 3 rings (SSSR count). The van der Waals surface area contributed by atoms with Crippen LogP contribution in [0.25, 0.3) is 6.08 Å². The fourth-order valence-electron chi connectivity index (χ4n) is 2.64. The Morgan fingerprint density at radius 3 is 2.76 bits per heavy atom. The van der Waals surface area contributed by atoms with E-state index in [1.54, 1.807) is 0 Å². The lowest BCUT2D eigenvalue weighted by molar-refractivity contribution is -0.122. The highest BCUT2D eigenvalue weighted by Crippen LogP contribution is 2.32. The number of thiocarbonyl (C=S) groups is 1. The molecule has 2 aromatic rings. The van der Waals surface area contributed by atoms with E-state index in [-0.39, 0.29) is 24.8 Å². The predicted octanol–water partition coefficient (Wildman–Crippen LogP) is 4.42. The molecule has 1 aromatic carbocycles. The second-order valence-electron chi connectivity index (χ2n) is 6.65. The largest absolute Gasteiger partial charge is 0.300 e. The number of carbonyl (C=O) groups is 2. The molecule has 0 radical (unpaired) electrons. The molecule has 1 aliphatic rings. The first-order valence-electron chi connectivity index (χ1n) is 9.40.